The Labute approximate surface area is 90.2 Å². The van der Waals surface area contributed by atoms with Crippen LogP contribution in [0.4, 0.5) is 0 Å². The molecular formula is C8H17ClN2O2S. The Morgan fingerprint density at radius 3 is 2.64 bits per heavy atom. The highest BCUT2D eigenvalue weighted by Crippen LogP contribution is 2.17. The third kappa shape index (κ3) is 4.13. The van der Waals surface area contributed by atoms with Gasteiger partial charge in [0.2, 0.25) is 0 Å². The number of likely N-dealkylation sites (tertiary alicyclic amines) is 1. The van der Waals surface area contributed by atoms with E-state index in [-0.39, 0.29) is 0 Å². The Morgan fingerprint density at radius 1 is 1.57 bits per heavy atom. The van der Waals surface area contributed by atoms with E-state index in [1.165, 1.54) is 0 Å². The summed E-state index contributed by atoms with van der Waals surface area (Å²) in [6, 6.07) is 0.535. The molecule has 6 heteroatoms. The predicted octanol–water partition coefficient (Wildman–Crippen LogP) is 0.790. The van der Waals surface area contributed by atoms with E-state index in [9.17, 15) is 8.42 Å². The first-order valence-corrected chi connectivity index (χ1v) is 7.12. The third-order valence-corrected chi connectivity index (χ3v) is 3.43. The van der Waals surface area contributed by atoms with Crippen molar-refractivity contribution in [2.24, 2.45) is 5.92 Å². The molecule has 1 rings (SSSR count). The molecular weight excluding hydrogens is 224 g/mol. The molecule has 4 nitrogen and oxygen atoms in total. The van der Waals surface area contributed by atoms with Crippen LogP contribution in [0.2, 0.25) is 0 Å². The molecule has 0 radical (unpaired) electrons. The number of hydrogen-bond donors (Lipinski definition) is 1. The van der Waals surface area contributed by atoms with Gasteiger partial charge in [0.05, 0.1) is 0 Å². The van der Waals surface area contributed by atoms with Gasteiger partial charge in [0.15, 0.2) is 0 Å². The lowest BCUT2D eigenvalue weighted by Crippen LogP contribution is -2.31. The second kappa shape index (κ2) is 4.79. The molecule has 0 saturated carbocycles. The Balaban J connectivity index is 2.30. The Morgan fingerprint density at radius 2 is 2.21 bits per heavy atom. The minimum absolute atomic E-state index is 0.394. The Kier molecular flexibility index (Phi) is 4.18. The highest BCUT2D eigenvalue weighted by atomic mass is 35.7. The van der Waals surface area contributed by atoms with E-state index in [0.29, 0.717) is 18.5 Å². The fraction of sp³-hybridized carbons (Fsp3) is 1.00. The monoisotopic (exact) mass is 240 g/mol. The molecule has 1 aliphatic heterocycles. The quantitative estimate of drug-likeness (QED) is 0.740. The second-order valence-electron chi connectivity index (χ2n) is 4.03. The number of nitrogens with one attached hydrogen (secondary N) is 1. The number of nitrogens with zero attached hydrogens (tertiary/aromatic N) is 1. The van der Waals surface area contributed by atoms with Crippen molar-refractivity contribution in [2.75, 3.05) is 19.6 Å². The second-order valence-corrected chi connectivity index (χ2v) is 6.41. The minimum Gasteiger partial charge on any atom is -0.301 e. The molecule has 1 aliphatic rings. The van der Waals surface area contributed by atoms with Gasteiger partial charge in [0, 0.05) is 29.8 Å². The van der Waals surface area contributed by atoms with Gasteiger partial charge in [-0.1, -0.05) is 0 Å². The van der Waals surface area contributed by atoms with Crippen LogP contribution in [-0.4, -0.2) is 39.0 Å². The number of hydrogen-bond acceptors (Lipinski definition) is 3. The van der Waals surface area contributed by atoms with E-state index in [0.717, 1.165) is 19.5 Å². The Hall–Kier alpha value is 0.160. The van der Waals surface area contributed by atoms with Crippen LogP contribution in [0.5, 0.6) is 0 Å². The SMILES string of the molecule is CC(C)N1CCC(CNS(=O)(=O)Cl)C1. The van der Waals surface area contributed by atoms with Crippen molar-refractivity contribution in [3.05, 3.63) is 0 Å². The molecule has 1 saturated heterocycles. The van der Waals surface area contributed by atoms with Crippen LogP contribution in [0.1, 0.15) is 20.3 Å². The van der Waals surface area contributed by atoms with E-state index < -0.39 is 9.24 Å². The first-order valence-electron chi connectivity index (χ1n) is 4.82. The van der Waals surface area contributed by atoms with Crippen molar-refractivity contribution in [3.8, 4) is 0 Å². The zero-order valence-electron chi connectivity index (χ0n) is 8.53. The van der Waals surface area contributed by atoms with Crippen LogP contribution in [0, 0.1) is 5.92 Å². The first kappa shape index (κ1) is 12.2. The Bertz CT molecular complexity index is 279. The van der Waals surface area contributed by atoms with Crippen LogP contribution >= 0.6 is 10.7 Å². The van der Waals surface area contributed by atoms with Gasteiger partial charge >= 0.3 is 0 Å². The normalized spacial score (nSPS) is 24.7. The summed E-state index contributed by atoms with van der Waals surface area (Å²) < 4.78 is 23.6. The van der Waals surface area contributed by atoms with Gasteiger partial charge in [-0.3, -0.25) is 0 Å². The molecule has 0 aromatic heterocycles. The molecule has 0 aromatic rings. The van der Waals surface area contributed by atoms with Gasteiger partial charge in [-0.15, -0.1) is 0 Å². The third-order valence-electron chi connectivity index (χ3n) is 2.59. The summed E-state index contributed by atoms with van der Waals surface area (Å²) in [7, 11) is 1.51. The minimum atomic E-state index is -3.55. The maximum Gasteiger partial charge on any atom is 0.297 e. The van der Waals surface area contributed by atoms with E-state index in [1.807, 2.05) is 0 Å². The highest BCUT2D eigenvalue weighted by Gasteiger charge is 2.24. The zero-order chi connectivity index (χ0) is 10.8. The van der Waals surface area contributed by atoms with Crippen molar-refractivity contribution < 1.29 is 8.42 Å². The smallest absolute Gasteiger partial charge is 0.297 e. The van der Waals surface area contributed by atoms with Gasteiger partial charge in [-0.2, -0.15) is 8.42 Å². The van der Waals surface area contributed by atoms with Crippen molar-refractivity contribution in [3.63, 3.8) is 0 Å². The summed E-state index contributed by atoms with van der Waals surface area (Å²) in [5.41, 5.74) is 0. The van der Waals surface area contributed by atoms with Crippen molar-refractivity contribution in [1.82, 2.24) is 9.62 Å². The first-order chi connectivity index (χ1) is 6.38. The lowest BCUT2D eigenvalue weighted by molar-refractivity contribution is 0.265. The van der Waals surface area contributed by atoms with Crippen LogP contribution in [0.25, 0.3) is 0 Å². The standard InChI is InChI=1S/C8H17ClN2O2S/c1-7(2)11-4-3-8(6-11)5-10-14(9,12)13/h7-8,10H,3-6H2,1-2H3. The van der Waals surface area contributed by atoms with Crippen molar-refractivity contribution >= 4 is 19.9 Å². The maximum absolute atomic E-state index is 10.6. The topological polar surface area (TPSA) is 49.4 Å². The van der Waals surface area contributed by atoms with E-state index in [2.05, 4.69) is 23.5 Å². The van der Waals surface area contributed by atoms with Gasteiger partial charge < -0.3 is 4.90 Å². The predicted molar refractivity (Wildman–Crippen MR) is 57.6 cm³/mol. The van der Waals surface area contributed by atoms with E-state index >= 15 is 0 Å². The average Bonchev–Trinajstić information content (AvgIpc) is 2.47. The molecule has 1 fully saturated rings. The van der Waals surface area contributed by atoms with Gasteiger partial charge in [0.25, 0.3) is 9.24 Å². The molecule has 1 unspecified atom stereocenters. The molecule has 0 aliphatic carbocycles. The van der Waals surface area contributed by atoms with Crippen LogP contribution in [-0.2, 0) is 9.24 Å². The number of halogens is 1. The molecule has 0 amide bonds. The van der Waals surface area contributed by atoms with Gasteiger partial charge in [-0.05, 0) is 32.7 Å². The summed E-state index contributed by atoms with van der Waals surface area (Å²) >= 11 is 0. The summed E-state index contributed by atoms with van der Waals surface area (Å²) in [6.45, 7) is 6.75. The van der Waals surface area contributed by atoms with E-state index in [1.54, 1.807) is 0 Å². The molecule has 1 atom stereocenters. The summed E-state index contributed by atoms with van der Waals surface area (Å²) in [5, 5.41) is 0. The number of rotatable bonds is 4. The molecule has 1 N–H and O–H groups in total. The summed E-state index contributed by atoms with van der Waals surface area (Å²) in [6.07, 6.45) is 1.04. The van der Waals surface area contributed by atoms with Crippen LogP contribution in [0.15, 0.2) is 0 Å². The van der Waals surface area contributed by atoms with Crippen molar-refractivity contribution in [1.29, 1.82) is 0 Å². The lowest BCUT2D eigenvalue weighted by atomic mass is 10.1. The van der Waals surface area contributed by atoms with Crippen LogP contribution < -0.4 is 4.72 Å². The molecule has 1 heterocycles. The fourth-order valence-electron chi connectivity index (χ4n) is 1.72. The van der Waals surface area contributed by atoms with Crippen LogP contribution in [0.3, 0.4) is 0 Å². The van der Waals surface area contributed by atoms with Gasteiger partial charge in [-0.25, -0.2) is 4.72 Å². The average molecular weight is 241 g/mol. The molecule has 0 bridgehead atoms. The molecule has 0 aromatic carbocycles. The molecule has 84 valence electrons. The molecule has 0 spiro atoms. The lowest BCUT2D eigenvalue weighted by Gasteiger charge is -2.20. The van der Waals surface area contributed by atoms with E-state index in [4.69, 9.17) is 10.7 Å². The summed E-state index contributed by atoms with van der Waals surface area (Å²) in [4.78, 5) is 2.34. The highest BCUT2D eigenvalue weighted by molar-refractivity contribution is 8.12. The molecule has 14 heavy (non-hydrogen) atoms. The maximum atomic E-state index is 10.6. The van der Waals surface area contributed by atoms with Crippen molar-refractivity contribution in [2.45, 2.75) is 26.3 Å². The zero-order valence-corrected chi connectivity index (χ0v) is 10.1. The summed E-state index contributed by atoms with van der Waals surface area (Å²) in [5.74, 6) is 0.394. The van der Waals surface area contributed by atoms with Gasteiger partial charge in [0.1, 0.15) is 0 Å². The largest absolute Gasteiger partial charge is 0.301 e. The fourth-order valence-corrected chi connectivity index (χ4v) is 2.34.